The minimum absolute atomic E-state index is 0.0241. The number of benzene rings is 2. The molecule has 2 aromatic rings. The molecule has 0 spiro atoms. The second kappa shape index (κ2) is 10.5. The number of amides is 1. The van der Waals surface area contributed by atoms with Gasteiger partial charge < -0.3 is 24.2 Å². The average Bonchev–Trinajstić information content (AvgIpc) is 3.11. The van der Waals surface area contributed by atoms with Gasteiger partial charge in [-0.05, 0) is 42.0 Å². The Morgan fingerprint density at radius 3 is 2.17 bits per heavy atom. The van der Waals surface area contributed by atoms with Crippen LogP contribution in [0.15, 0.2) is 52.9 Å². The molecule has 0 aliphatic carbocycles. The van der Waals surface area contributed by atoms with Crippen molar-refractivity contribution in [3.63, 3.8) is 0 Å². The highest BCUT2D eigenvalue weighted by molar-refractivity contribution is 7.89. The van der Waals surface area contributed by atoms with Crippen molar-refractivity contribution in [1.82, 2.24) is 9.21 Å². The number of carbonyl (C=O) groups excluding carboxylic acids is 2. The molecule has 188 valence electrons. The Hall–Kier alpha value is -3.41. The Kier molecular flexibility index (Phi) is 7.83. The number of hydrogen-bond acceptors (Lipinski definition) is 8. The summed E-state index contributed by atoms with van der Waals surface area (Å²) in [6, 6.07) is 9.47. The molecular formula is C24H28N2O8S. The first-order chi connectivity index (χ1) is 16.6. The molecule has 3 rings (SSSR count). The lowest BCUT2D eigenvalue weighted by Crippen LogP contribution is -2.32. The number of hydrogen-bond donors (Lipinski definition) is 1. The monoisotopic (exact) mass is 504 g/mol. The van der Waals surface area contributed by atoms with Gasteiger partial charge in [-0.15, -0.1) is 0 Å². The number of nitrogens with zero attached hydrogens (tertiary/aromatic N) is 2. The minimum atomic E-state index is -3.68. The number of carbonyl (C=O) groups is 2. The van der Waals surface area contributed by atoms with Crippen molar-refractivity contribution in [3.8, 4) is 11.5 Å². The highest BCUT2D eigenvalue weighted by Crippen LogP contribution is 2.41. The van der Waals surface area contributed by atoms with E-state index in [4.69, 9.17) is 14.2 Å². The average molecular weight is 505 g/mol. The number of methoxy groups -OCH3 is 3. The molecule has 35 heavy (non-hydrogen) atoms. The van der Waals surface area contributed by atoms with E-state index in [1.54, 1.807) is 18.2 Å². The largest absolute Gasteiger partial charge is 0.507 e. The molecule has 0 saturated carbocycles. The van der Waals surface area contributed by atoms with Crippen LogP contribution in [0.1, 0.15) is 17.2 Å². The number of rotatable bonds is 9. The van der Waals surface area contributed by atoms with E-state index in [-0.39, 0.29) is 29.2 Å². The van der Waals surface area contributed by atoms with Crippen LogP contribution < -0.4 is 9.47 Å². The molecule has 0 radical (unpaired) electrons. The van der Waals surface area contributed by atoms with Crippen molar-refractivity contribution >= 4 is 27.5 Å². The van der Waals surface area contributed by atoms with Gasteiger partial charge in [0.1, 0.15) is 5.76 Å². The van der Waals surface area contributed by atoms with Gasteiger partial charge in [0.2, 0.25) is 10.0 Å². The topological polar surface area (TPSA) is 123 Å². The van der Waals surface area contributed by atoms with Gasteiger partial charge in [-0.1, -0.05) is 6.07 Å². The minimum Gasteiger partial charge on any atom is -0.507 e. The molecule has 1 aliphatic rings. The van der Waals surface area contributed by atoms with Crippen LogP contribution in [0.5, 0.6) is 11.5 Å². The summed E-state index contributed by atoms with van der Waals surface area (Å²) in [5.74, 6) is -1.21. The summed E-state index contributed by atoms with van der Waals surface area (Å²) in [4.78, 5) is 27.3. The summed E-state index contributed by atoms with van der Waals surface area (Å²) >= 11 is 0. The molecule has 10 nitrogen and oxygen atoms in total. The fraction of sp³-hybridized carbons (Fsp3) is 0.333. The third kappa shape index (κ3) is 4.88. The molecule has 0 unspecified atom stereocenters. The summed E-state index contributed by atoms with van der Waals surface area (Å²) in [5, 5.41) is 11.1. The van der Waals surface area contributed by atoms with E-state index in [0.29, 0.717) is 17.1 Å². The summed E-state index contributed by atoms with van der Waals surface area (Å²) < 4.78 is 41.6. The van der Waals surface area contributed by atoms with Gasteiger partial charge in [-0.25, -0.2) is 12.7 Å². The van der Waals surface area contributed by atoms with Crippen LogP contribution in [0.25, 0.3) is 5.76 Å². The summed E-state index contributed by atoms with van der Waals surface area (Å²) in [5.41, 5.74) is 0.589. The Labute approximate surface area is 204 Å². The Bertz CT molecular complexity index is 1250. The third-order valence-corrected chi connectivity index (χ3v) is 7.54. The molecule has 0 aromatic heterocycles. The first kappa shape index (κ1) is 26.2. The lowest BCUT2D eigenvalue weighted by molar-refractivity contribution is -0.140. The molecule has 1 atom stereocenters. The molecule has 2 aromatic carbocycles. The normalized spacial score (nSPS) is 17.8. The van der Waals surface area contributed by atoms with E-state index < -0.39 is 33.5 Å². The van der Waals surface area contributed by atoms with E-state index in [1.165, 1.54) is 64.6 Å². The zero-order valence-corrected chi connectivity index (χ0v) is 21.0. The van der Waals surface area contributed by atoms with Gasteiger partial charge in [0.05, 0.1) is 37.3 Å². The second-order valence-corrected chi connectivity index (χ2v) is 10.1. The fourth-order valence-corrected chi connectivity index (χ4v) is 4.72. The van der Waals surface area contributed by atoms with Gasteiger partial charge in [-0.3, -0.25) is 9.59 Å². The van der Waals surface area contributed by atoms with Crippen LogP contribution in [0.2, 0.25) is 0 Å². The number of aliphatic hydroxyl groups excluding tert-OH is 1. The molecule has 0 bridgehead atoms. The molecule has 1 N–H and O–H groups in total. The molecule has 1 saturated heterocycles. The number of sulfonamides is 1. The second-order valence-electron chi connectivity index (χ2n) is 7.91. The zero-order chi connectivity index (χ0) is 25.9. The maximum atomic E-state index is 13.1. The lowest BCUT2D eigenvalue weighted by atomic mass is 9.95. The molecular weight excluding hydrogens is 476 g/mol. The van der Waals surface area contributed by atoms with Crippen LogP contribution in [0.3, 0.4) is 0 Å². The van der Waals surface area contributed by atoms with Gasteiger partial charge in [-0.2, -0.15) is 0 Å². The summed E-state index contributed by atoms with van der Waals surface area (Å²) in [6.07, 6.45) is 0. The van der Waals surface area contributed by atoms with Crippen molar-refractivity contribution in [2.75, 3.05) is 48.6 Å². The maximum absolute atomic E-state index is 13.1. The van der Waals surface area contributed by atoms with E-state index in [9.17, 15) is 23.1 Å². The van der Waals surface area contributed by atoms with Gasteiger partial charge >= 0.3 is 0 Å². The lowest BCUT2D eigenvalue weighted by Gasteiger charge is -2.25. The molecule has 1 aliphatic heterocycles. The van der Waals surface area contributed by atoms with Crippen LogP contribution in [-0.2, 0) is 24.3 Å². The first-order valence-corrected chi connectivity index (χ1v) is 12.0. The Morgan fingerprint density at radius 2 is 1.63 bits per heavy atom. The van der Waals surface area contributed by atoms with Crippen LogP contribution >= 0.6 is 0 Å². The van der Waals surface area contributed by atoms with E-state index in [2.05, 4.69) is 0 Å². The van der Waals surface area contributed by atoms with E-state index in [0.717, 1.165) is 4.31 Å². The van der Waals surface area contributed by atoms with Crippen molar-refractivity contribution < 1.29 is 37.3 Å². The number of ketones is 1. The molecule has 1 heterocycles. The van der Waals surface area contributed by atoms with Crippen LogP contribution in [-0.4, -0.2) is 83.0 Å². The number of aliphatic hydroxyl groups is 1. The van der Waals surface area contributed by atoms with E-state index in [1.807, 2.05) is 0 Å². The quantitative estimate of drug-likeness (QED) is 0.313. The van der Waals surface area contributed by atoms with Crippen molar-refractivity contribution in [2.45, 2.75) is 10.9 Å². The number of ether oxygens (including phenoxy) is 3. The predicted molar refractivity (Wildman–Crippen MR) is 128 cm³/mol. The summed E-state index contributed by atoms with van der Waals surface area (Å²) in [6.45, 7) is 0.283. The number of Topliss-reactive ketones (excluding diaryl/α,β-unsaturated/α-hetero) is 1. The molecule has 1 fully saturated rings. The highest BCUT2D eigenvalue weighted by atomic mass is 32.2. The van der Waals surface area contributed by atoms with E-state index >= 15 is 0 Å². The van der Waals surface area contributed by atoms with Crippen molar-refractivity contribution in [1.29, 1.82) is 0 Å². The highest BCUT2D eigenvalue weighted by Gasteiger charge is 2.46. The van der Waals surface area contributed by atoms with Crippen molar-refractivity contribution in [2.24, 2.45) is 0 Å². The maximum Gasteiger partial charge on any atom is 0.295 e. The van der Waals surface area contributed by atoms with Crippen LogP contribution in [0.4, 0.5) is 0 Å². The van der Waals surface area contributed by atoms with Crippen LogP contribution in [0, 0.1) is 0 Å². The Morgan fingerprint density at radius 1 is 1.00 bits per heavy atom. The standard InChI is InChI=1S/C24H28N2O8S/c1-25(2)35(30,31)17-9-6-15(7-10-17)22(27)20-21(26(12-13-32-3)24(29)23(20)28)16-8-11-18(33-4)19(14-16)34-5/h6-11,14,21,27H,12-13H2,1-5H3/t21-/m1/s1. The van der Waals surface area contributed by atoms with Crippen molar-refractivity contribution in [3.05, 3.63) is 59.2 Å². The SMILES string of the molecule is COCCN1C(=O)C(=O)C(=C(O)c2ccc(S(=O)(=O)N(C)C)cc2)[C@H]1c1ccc(OC)c(OC)c1. The Balaban J connectivity index is 2.16. The first-order valence-electron chi connectivity index (χ1n) is 10.6. The predicted octanol–water partition coefficient (Wildman–Crippen LogP) is 2.02. The number of likely N-dealkylation sites (tertiary alicyclic amines) is 1. The van der Waals surface area contributed by atoms with Gasteiger partial charge in [0.15, 0.2) is 11.5 Å². The smallest absolute Gasteiger partial charge is 0.295 e. The van der Waals surface area contributed by atoms with Gasteiger partial charge in [0, 0.05) is 33.3 Å². The summed E-state index contributed by atoms with van der Waals surface area (Å²) in [7, 11) is 3.57. The molecule has 11 heteroatoms. The van der Waals surface area contributed by atoms with Gasteiger partial charge in [0.25, 0.3) is 11.7 Å². The fourth-order valence-electron chi connectivity index (χ4n) is 3.82. The third-order valence-electron chi connectivity index (χ3n) is 5.71. The zero-order valence-electron chi connectivity index (χ0n) is 20.1. The molecule has 1 amide bonds.